The third-order valence-electron chi connectivity index (χ3n) is 1.47. The summed E-state index contributed by atoms with van der Waals surface area (Å²) in [6.07, 6.45) is 3.32. The van der Waals surface area contributed by atoms with Crippen molar-refractivity contribution < 1.29 is 47.0 Å². The number of carbonyl (C=O) groups is 1. The molecule has 0 aromatic rings. The number of carboxylic acids is 1. The Morgan fingerprint density at radius 3 is 2.69 bits per heavy atom. The Morgan fingerprint density at radius 2 is 2.31 bits per heavy atom. The first-order chi connectivity index (χ1) is 5.52. The molecule has 1 rings (SSSR count). The minimum Gasteiger partial charge on any atom is -0.521 e. The molecule has 0 aromatic carbocycles. The summed E-state index contributed by atoms with van der Waals surface area (Å²) in [6, 6.07) is 0. The van der Waals surface area contributed by atoms with E-state index in [9.17, 15) is 9.18 Å². The van der Waals surface area contributed by atoms with Gasteiger partial charge >= 0.3 is 0 Å². The zero-order chi connectivity index (χ0) is 9.30. The first-order valence-electron chi connectivity index (χ1n) is 3.19. The summed E-state index contributed by atoms with van der Waals surface area (Å²) in [5, 5.41) is 8.49. The van der Waals surface area contributed by atoms with Gasteiger partial charge in [0, 0.05) is 32.7 Å². The van der Waals surface area contributed by atoms with Crippen LogP contribution in [0.4, 0.5) is 4.39 Å². The molecule has 67 valence electrons. The van der Waals surface area contributed by atoms with Gasteiger partial charge in [-0.15, -0.1) is 6.58 Å². The van der Waals surface area contributed by atoms with E-state index in [-0.39, 0.29) is 44.0 Å². The maximum Gasteiger partial charge on any atom is 0.249 e. The number of aliphatic carboxylic acids is 1. The van der Waals surface area contributed by atoms with Crippen LogP contribution in [0.1, 0.15) is 0 Å². The number of allylic oxidation sites excluding steroid dienone is 1. The molecule has 3 nitrogen and oxygen atoms in total. The number of halogens is 1. The number of rotatable bonds is 1. The Labute approximate surface area is 100 Å². The third kappa shape index (κ3) is 2.74. The van der Waals surface area contributed by atoms with Gasteiger partial charge in [-0.1, -0.05) is 12.3 Å². The zero-order valence-electron chi connectivity index (χ0n) is 7.04. The van der Waals surface area contributed by atoms with Crippen molar-refractivity contribution in [2.45, 2.75) is 0 Å². The van der Waals surface area contributed by atoms with Crippen molar-refractivity contribution in [2.75, 3.05) is 7.05 Å². The molecule has 1 radical (unpaired) electrons. The Balaban J connectivity index is 0.00000144. The maximum absolute atomic E-state index is 12.8. The fourth-order valence-corrected chi connectivity index (χ4v) is 0.760. The topological polar surface area (TPSA) is 40.5 Å². The average molecular weight is 257 g/mol. The molecule has 0 saturated carbocycles. The van der Waals surface area contributed by atoms with E-state index in [0.717, 1.165) is 6.08 Å². The van der Waals surface area contributed by atoms with E-state index in [1.54, 1.807) is 0 Å². The van der Waals surface area contributed by atoms with E-state index >= 15 is 0 Å². The zero-order valence-corrected chi connectivity index (χ0v) is 9.88. The fourth-order valence-electron chi connectivity index (χ4n) is 0.760. The standard InChI is InChI=1S/C8H7FNO2.Y/c1-5-7(9)3-6(8(11)12)4-10(5)2;/h3H,1H2,2H3,(H,11,12);/q-1;. The molecule has 1 N–H and O–H groups in total. The molecule has 0 spiro atoms. The molecular formula is C8H7FNO2Y-. The predicted octanol–water partition coefficient (Wildman–Crippen LogP) is 1.07. The summed E-state index contributed by atoms with van der Waals surface area (Å²) < 4.78 is 12.8. The van der Waals surface area contributed by atoms with Crippen LogP contribution in [0, 0.1) is 6.20 Å². The SMILES string of the molecule is C=C1C(F)=CC(C(=O)O)=[C-]N1C.[Y]. The molecular weight excluding hydrogens is 250 g/mol. The van der Waals surface area contributed by atoms with Crippen molar-refractivity contribution in [1.29, 1.82) is 0 Å². The number of nitrogens with zero attached hydrogens (tertiary/aromatic N) is 1. The van der Waals surface area contributed by atoms with Crippen LogP contribution < -0.4 is 0 Å². The van der Waals surface area contributed by atoms with Gasteiger partial charge in [-0.3, -0.25) is 0 Å². The first-order valence-corrected chi connectivity index (χ1v) is 3.19. The molecule has 0 aliphatic carbocycles. The van der Waals surface area contributed by atoms with Crippen molar-refractivity contribution in [2.24, 2.45) is 0 Å². The van der Waals surface area contributed by atoms with E-state index in [1.807, 2.05) is 0 Å². The van der Waals surface area contributed by atoms with Gasteiger partial charge < -0.3 is 14.8 Å². The Hall–Kier alpha value is -0.476. The summed E-state index contributed by atoms with van der Waals surface area (Å²) in [5.74, 6) is -1.85. The fraction of sp³-hybridized carbons (Fsp3) is 0.125. The molecule has 0 unspecified atom stereocenters. The molecule has 5 heteroatoms. The third-order valence-corrected chi connectivity index (χ3v) is 1.47. The van der Waals surface area contributed by atoms with Crippen LogP contribution in [-0.2, 0) is 37.5 Å². The summed E-state index contributed by atoms with van der Waals surface area (Å²) >= 11 is 0. The van der Waals surface area contributed by atoms with Crippen LogP contribution in [0.25, 0.3) is 0 Å². The normalized spacial score (nSPS) is 15.8. The molecule has 0 atom stereocenters. The van der Waals surface area contributed by atoms with Crippen LogP contribution in [-0.4, -0.2) is 23.0 Å². The quantitative estimate of drug-likeness (QED) is 0.714. The Kier molecular flexibility index (Phi) is 4.50. The number of hydrogen-bond donors (Lipinski definition) is 1. The van der Waals surface area contributed by atoms with Gasteiger partial charge in [0.15, 0.2) is 0 Å². The number of likely N-dealkylation sites (N-methyl/N-ethyl adjacent to an activating group) is 1. The van der Waals surface area contributed by atoms with Gasteiger partial charge in [0.05, 0.1) is 5.83 Å². The summed E-state index contributed by atoms with van der Waals surface area (Å²) in [6.45, 7) is 3.38. The number of hydrogen-bond acceptors (Lipinski definition) is 2. The van der Waals surface area contributed by atoms with Gasteiger partial charge in [0.1, 0.15) is 0 Å². The molecule has 1 aliphatic rings. The van der Waals surface area contributed by atoms with Gasteiger partial charge in [-0.05, 0) is 18.3 Å². The largest absolute Gasteiger partial charge is 0.521 e. The summed E-state index contributed by atoms with van der Waals surface area (Å²) in [7, 11) is 1.48. The monoisotopic (exact) mass is 257 g/mol. The minimum atomic E-state index is -1.20. The predicted molar refractivity (Wildman–Crippen MR) is 40.5 cm³/mol. The van der Waals surface area contributed by atoms with Crippen molar-refractivity contribution in [3.05, 3.63) is 36.0 Å². The van der Waals surface area contributed by atoms with Gasteiger partial charge in [0.2, 0.25) is 5.97 Å². The van der Waals surface area contributed by atoms with E-state index < -0.39 is 11.8 Å². The molecule has 13 heavy (non-hydrogen) atoms. The Morgan fingerprint density at radius 1 is 1.77 bits per heavy atom. The van der Waals surface area contributed by atoms with Gasteiger partial charge in [0.25, 0.3) is 0 Å². The molecule has 1 aliphatic heterocycles. The van der Waals surface area contributed by atoms with E-state index in [4.69, 9.17) is 5.11 Å². The molecule has 0 fully saturated rings. The van der Waals surface area contributed by atoms with Crippen molar-refractivity contribution >= 4 is 5.97 Å². The summed E-state index contributed by atoms with van der Waals surface area (Å²) in [4.78, 5) is 11.6. The van der Waals surface area contributed by atoms with Crippen LogP contribution in [0.5, 0.6) is 0 Å². The molecule has 0 saturated heterocycles. The second-order valence-corrected chi connectivity index (χ2v) is 2.33. The number of carboxylic acid groups (broad SMARTS) is 1. The molecule has 0 aromatic heterocycles. The van der Waals surface area contributed by atoms with E-state index in [2.05, 4.69) is 12.8 Å². The molecule has 0 bridgehead atoms. The van der Waals surface area contributed by atoms with Crippen LogP contribution in [0.2, 0.25) is 0 Å². The van der Waals surface area contributed by atoms with Gasteiger partial charge in [-0.25, -0.2) is 4.39 Å². The summed E-state index contributed by atoms with van der Waals surface area (Å²) in [5.41, 5.74) is -0.0950. The molecule has 1 heterocycles. The second kappa shape index (κ2) is 4.67. The van der Waals surface area contributed by atoms with Crippen molar-refractivity contribution in [3.63, 3.8) is 0 Å². The van der Waals surface area contributed by atoms with E-state index in [1.165, 1.54) is 11.9 Å². The van der Waals surface area contributed by atoms with Crippen LogP contribution >= 0.6 is 0 Å². The van der Waals surface area contributed by atoms with Crippen LogP contribution in [0.15, 0.2) is 29.8 Å². The minimum absolute atomic E-state index is 0. The van der Waals surface area contributed by atoms with E-state index in [0.29, 0.717) is 0 Å². The maximum atomic E-state index is 12.8. The van der Waals surface area contributed by atoms with Gasteiger partial charge in [-0.2, -0.15) is 0 Å². The first kappa shape index (κ1) is 12.5. The second-order valence-electron chi connectivity index (χ2n) is 2.33. The van der Waals surface area contributed by atoms with Crippen LogP contribution in [0.3, 0.4) is 0 Å². The average Bonchev–Trinajstić information content (AvgIpc) is 1.99. The van der Waals surface area contributed by atoms with Crippen molar-refractivity contribution in [1.82, 2.24) is 4.90 Å². The smallest absolute Gasteiger partial charge is 0.249 e. The Bertz CT molecular complexity index is 309. The molecule has 0 amide bonds. The van der Waals surface area contributed by atoms with Crippen molar-refractivity contribution in [3.8, 4) is 0 Å².